The van der Waals surface area contributed by atoms with Crippen molar-refractivity contribution in [2.75, 3.05) is 13.1 Å². The molecule has 0 N–H and O–H groups in total. The topological polar surface area (TPSA) is 38.1 Å². The summed E-state index contributed by atoms with van der Waals surface area (Å²) in [6.45, 7) is 5.93. The average Bonchev–Trinajstić information content (AvgIpc) is 3.29. The minimum absolute atomic E-state index is 0.0763. The molecule has 2 fully saturated rings. The number of halogens is 1. The van der Waals surface area contributed by atoms with Gasteiger partial charge in [-0.2, -0.15) is 5.10 Å². The van der Waals surface area contributed by atoms with Gasteiger partial charge in [0.1, 0.15) is 5.82 Å². The first-order valence-corrected chi connectivity index (χ1v) is 13.1. The largest absolute Gasteiger partial charge is 0.337 e. The molecule has 0 spiro atoms. The highest BCUT2D eigenvalue weighted by Gasteiger charge is 2.78. The first-order chi connectivity index (χ1) is 18.4. The number of amides is 1. The zero-order chi connectivity index (χ0) is 26.1. The molecular weight excluding hydrogens is 473 g/mol. The number of nitrogens with zero attached hydrogens (tertiary/aromatic N) is 3. The summed E-state index contributed by atoms with van der Waals surface area (Å²) < 4.78 is 15.4. The molecule has 1 saturated heterocycles. The second kappa shape index (κ2) is 8.12. The van der Waals surface area contributed by atoms with Crippen LogP contribution in [0.15, 0.2) is 103 Å². The maximum Gasteiger partial charge on any atom is 0.253 e. The van der Waals surface area contributed by atoms with E-state index in [1.807, 2.05) is 46.1 Å². The molecule has 4 aromatic carbocycles. The van der Waals surface area contributed by atoms with Crippen LogP contribution in [0.5, 0.6) is 0 Å². The van der Waals surface area contributed by atoms with Gasteiger partial charge in [0, 0.05) is 34.9 Å². The Kier molecular flexibility index (Phi) is 4.90. The Hall–Kier alpha value is -4.25. The molecule has 5 aromatic rings. The summed E-state index contributed by atoms with van der Waals surface area (Å²) in [7, 11) is 0. The van der Waals surface area contributed by atoms with Gasteiger partial charge >= 0.3 is 0 Å². The first kappa shape index (κ1) is 22.9. The van der Waals surface area contributed by atoms with Gasteiger partial charge in [0.05, 0.1) is 17.4 Å². The van der Waals surface area contributed by atoms with Crippen LogP contribution in [-0.2, 0) is 10.8 Å². The Morgan fingerprint density at radius 1 is 0.947 bits per heavy atom. The van der Waals surface area contributed by atoms with E-state index in [1.54, 1.807) is 12.1 Å². The van der Waals surface area contributed by atoms with Crippen LogP contribution in [0.4, 0.5) is 4.39 Å². The van der Waals surface area contributed by atoms with Crippen molar-refractivity contribution in [3.63, 3.8) is 0 Å². The average molecular weight is 502 g/mol. The fourth-order valence-electron chi connectivity index (χ4n) is 7.15. The highest BCUT2D eigenvalue weighted by Crippen LogP contribution is 2.73. The van der Waals surface area contributed by atoms with E-state index in [9.17, 15) is 9.18 Å². The van der Waals surface area contributed by atoms with Gasteiger partial charge in [0.2, 0.25) is 0 Å². The van der Waals surface area contributed by atoms with Gasteiger partial charge in [-0.15, -0.1) is 0 Å². The maximum atomic E-state index is 13.5. The Morgan fingerprint density at radius 2 is 1.63 bits per heavy atom. The molecule has 188 valence electrons. The number of benzene rings is 4. The number of likely N-dealkylation sites (tertiary alicyclic amines) is 1. The van der Waals surface area contributed by atoms with E-state index >= 15 is 0 Å². The minimum atomic E-state index is -0.265. The number of hydrogen-bond acceptors (Lipinski definition) is 2. The predicted octanol–water partition coefficient (Wildman–Crippen LogP) is 6.45. The zero-order valence-corrected chi connectivity index (χ0v) is 21.4. The minimum Gasteiger partial charge on any atom is -0.337 e. The summed E-state index contributed by atoms with van der Waals surface area (Å²) in [5, 5.41) is 5.69. The Labute approximate surface area is 221 Å². The van der Waals surface area contributed by atoms with E-state index in [0.717, 1.165) is 28.7 Å². The van der Waals surface area contributed by atoms with Crippen LogP contribution in [-0.4, -0.2) is 33.7 Å². The molecular formula is C33H28FN3O. The summed E-state index contributed by atoms with van der Waals surface area (Å²) in [6, 6.07) is 31.2. The third-order valence-electron chi connectivity index (χ3n) is 9.13. The van der Waals surface area contributed by atoms with E-state index in [4.69, 9.17) is 0 Å². The molecule has 5 heteroatoms. The van der Waals surface area contributed by atoms with Crippen molar-refractivity contribution in [2.45, 2.75) is 24.7 Å². The van der Waals surface area contributed by atoms with Crippen molar-refractivity contribution in [1.82, 2.24) is 14.7 Å². The monoisotopic (exact) mass is 501 g/mol. The molecule has 1 aromatic heterocycles. The van der Waals surface area contributed by atoms with Gasteiger partial charge in [-0.3, -0.25) is 4.79 Å². The van der Waals surface area contributed by atoms with E-state index in [0.29, 0.717) is 12.5 Å². The van der Waals surface area contributed by atoms with Crippen LogP contribution in [0.2, 0.25) is 0 Å². The molecule has 1 amide bonds. The maximum absolute atomic E-state index is 13.5. The van der Waals surface area contributed by atoms with Crippen molar-refractivity contribution >= 4 is 16.8 Å². The molecule has 1 saturated carbocycles. The molecule has 2 aliphatic rings. The summed E-state index contributed by atoms with van der Waals surface area (Å²) in [4.78, 5) is 15.5. The molecule has 7 rings (SSSR count). The van der Waals surface area contributed by atoms with Gasteiger partial charge in [-0.1, -0.05) is 55.5 Å². The molecule has 38 heavy (non-hydrogen) atoms. The number of carbonyl (C=O) groups is 1. The predicted molar refractivity (Wildman–Crippen MR) is 147 cm³/mol. The first-order valence-electron chi connectivity index (χ1n) is 13.1. The lowest BCUT2D eigenvalue weighted by Crippen LogP contribution is -2.38. The second-order valence-corrected chi connectivity index (χ2v) is 10.9. The third-order valence-corrected chi connectivity index (χ3v) is 9.13. The second-order valence-electron chi connectivity index (χ2n) is 10.9. The molecule has 0 unspecified atom stereocenters. The van der Waals surface area contributed by atoms with Crippen LogP contribution in [0.25, 0.3) is 16.6 Å². The molecule has 3 atom stereocenters. The number of aryl methyl sites for hydroxylation is 1. The Bertz CT molecular complexity index is 1680. The molecule has 1 aliphatic heterocycles. The fraction of sp³-hybridized carbons (Fsp3) is 0.212. The van der Waals surface area contributed by atoms with E-state index in [2.05, 4.69) is 61.4 Å². The van der Waals surface area contributed by atoms with Gasteiger partial charge in [0.25, 0.3) is 5.91 Å². The summed E-state index contributed by atoms with van der Waals surface area (Å²) >= 11 is 0. The van der Waals surface area contributed by atoms with Crippen LogP contribution >= 0.6 is 0 Å². The van der Waals surface area contributed by atoms with Crippen molar-refractivity contribution < 1.29 is 9.18 Å². The van der Waals surface area contributed by atoms with E-state index < -0.39 is 0 Å². The number of fused-ring (bicyclic) bond motifs is 2. The number of aromatic nitrogens is 2. The smallest absolute Gasteiger partial charge is 0.253 e. The van der Waals surface area contributed by atoms with Gasteiger partial charge in [0.15, 0.2) is 0 Å². The summed E-state index contributed by atoms with van der Waals surface area (Å²) in [5.41, 5.74) is 6.07. The zero-order valence-electron chi connectivity index (χ0n) is 21.4. The molecule has 1 aliphatic carbocycles. The lowest BCUT2D eigenvalue weighted by molar-refractivity contribution is 0.0760. The molecule has 2 heterocycles. The number of carbonyl (C=O) groups excluding carboxylic acids is 1. The van der Waals surface area contributed by atoms with Gasteiger partial charge < -0.3 is 4.90 Å². The molecule has 0 radical (unpaired) electrons. The number of hydrogen-bond donors (Lipinski definition) is 0. The third kappa shape index (κ3) is 3.08. The van der Waals surface area contributed by atoms with Crippen LogP contribution in [0, 0.1) is 18.7 Å². The Balaban J connectivity index is 1.34. The summed E-state index contributed by atoms with van der Waals surface area (Å²) in [6.07, 6.45) is 1.89. The molecule has 4 nitrogen and oxygen atoms in total. The van der Waals surface area contributed by atoms with Gasteiger partial charge in [-0.25, -0.2) is 9.07 Å². The Morgan fingerprint density at radius 3 is 2.34 bits per heavy atom. The van der Waals surface area contributed by atoms with Crippen molar-refractivity contribution in [3.05, 3.63) is 131 Å². The molecule has 0 bridgehead atoms. The summed E-state index contributed by atoms with van der Waals surface area (Å²) in [5.74, 6) is 0.141. The normalized spacial score (nSPS) is 24.0. The standard InChI is InChI=1S/C33H28FN3O/c1-22-17-29-24(19-35-37(29)27-15-13-26(34)14-16-27)18-28(22)33-21-36(31(38)23-9-5-3-6-10-23)20-30(33)32(33,2)25-11-7-4-8-12-25/h3-19,30H,20-21H2,1-2H3/t30-,32-,33+/m0/s1. The van der Waals surface area contributed by atoms with Crippen LogP contribution in [0.1, 0.15) is 34.0 Å². The lowest BCUT2D eigenvalue weighted by atomic mass is 9.80. The van der Waals surface area contributed by atoms with Crippen molar-refractivity contribution in [2.24, 2.45) is 5.92 Å². The number of rotatable bonds is 4. The van der Waals surface area contributed by atoms with Gasteiger partial charge in [-0.05, 0) is 78.1 Å². The fourth-order valence-corrected chi connectivity index (χ4v) is 7.15. The highest BCUT2D eigenvalue weighted by atomic mass is 19.1. The highest BCUT2D eigenvalue weighted by molar-refractivity contribution is 5.95. The number of piperidine rings is 1. The van der Waals surface area contributed by atoms with Crippen molar-refractivity contribution in [1.29, 1.82) is 0 Å². The quantitative estimate of drug-likeness (QED) is 0.284. The van der Waals surface area contributed by atoms with Crippen LogP contribution in [0.3, 0.4) is 0 Å². The SMILES string of the molecule is Cc1cc2c(cnn2-c2ccc(F)cc2)cc1[C@]12CN(C(=O)c3ccccc3)C[C@H]1[C@]2(C)c1ccccc1. The van der Waals surface area contributed by atoms with E-state index in [1.165, 1.54) is 28.8 Å². The lowest BCUT2D eigenvalue weighted by Gasteiger charge is -2.31. The van der Waals surface area contributed by atoms with E-state index in [-0.39, 0.29) is 22.6 Å². The van der Waals surface area contributed by atoms with Crippen molar-refractivity contribution in [3.8, 4) is 5.69 Å². The van der Waals surface area contributed by atoms with Crippen LogP contribution < -0.4 is 0 Å².